The van der Waals surface area contributed by atoms with E-state index in [9.17, 15) is 0 Å². The summed E-state index contributed by atoms with van der Waals surface area (Å²) in [5.41, 5.74) is 34.2. The summed E-state index contributed by atoms with van der Waals surface area (Å²) < 4.78 is 5.08. The summed E-state index contributed by atoms with van der Waals surface area (Å²) in [7, 11) is 0. The molecule has 2 unspecified atom stereocenters. The molecule has 0 N–H and O–H groups in total. The number of fused-ring (bicyclic) bond motifs is 8. The molecule has 3 aliphatic carbocycles. The summed E-state index contributed by atoms with van der Waals surface area (Å²) >= 11 is 0. The number of rotatable bonds is 14. The van der Waals surface area contributed by atoms with Gasteiger partial charge >= 0.3 is 0 Å². The Morgan fingerprint density at radius 3 is 1.06 bits per heavy atom. The Hall–Kier alpha value is -13.9. The van der Waals surface area contributed by atoms with Crippen LogP contribution in [0.1, 0.15) is 37.3 Å². The number of nitrogens with zero attached hydrogens (tertiary/aromatic N) is 2. The van der Waals surface area contributed by atoms with E-state index in [-0.39, 0.29) is 12.0 Å². The predicted molar refractivity (Wildman–Crippen MR) is 476 cm³/mol. The fourth-order valence-electron chi connectivity index (χ4n) is 18.2. The van der Waals surface area contributed by atoms with E-state index in [1.807, 2.05) is 0 Å². The molecule has 0 radical (unpaired) electrons. The molecule has 112 heavy (non-hydrogen) atoms. The van der Waals surface area contributed by atoms with E-state index in [0.29, 0.717) is 0 Å². The summed E-state index contributed by atoms with van der Waals surface area (Å²) in [4.78, 5) is 0. The highest BCUT2D eigenvalue weighted by molar-refractivity contribution is 6.14. The van der Waals surface area contributed by atoms with Crippen molar-refractivity contribution in [2.24, 2.45) is 5.92 Å². The number of aromatic nitrogens is 2. The fraction of sp³-hybridized carbons (Fsp3) is 0.0545. The largest absolute Gasteiger partial charge is 0.333 e. The first kappa shape index (κ1) is 66.3. The van der Waals surface area contributed by atoms with Crippen LogP contribution >= 0.6 is 0 Å². The van der Waals surface area contributed by atoms with Gasteiger partial charge in [0.05, 0.1) is 17.1 Å². The van der Waals surface area contributed by atoms with Gasteiger partial charge in [-0.2, -0.15) is 0 Å². The number of hydrogen-bond acceptors (Lipinski definition) is 0. The summed E-state index contributed by atoms with van der Waals surface area (Å²) in [6, 6.07) is 136. The lowest BCUT2D eigenvalue weighted by Crippen LogP contribution is -2.34. The molecule has 0 fully saturated rings. The molecule has 21 rings (SSSR count). The molecule has 2 atom stereocenters. The monoisotopic (exact) mass is 1430 g/mol. The minimum absolute atomic E-state index is 0.115. The molecule has 18 aromatic rings. The molecule has 0 spiro atoms. The molecule has 0 amide bonds. The Bertz CT molecular complexity index is 6870. The third kappa shape index (κ3) is 12.1. The molecular weight excluding hydrogens is 1350 g/mol. The fourth-order valence-corrected chi connectivity index (χ4v) is 18.2. The summed E-state index contributed by atoms with van der Waals surface area (Å²) in [5.74, 6) is 0.183. The van der Waals surface area contributed by atoms with E-state index in [2.05, 4.69) is 422 Å². The third-order valence-electron chi connectivity index (χ3n) is 23.8. The van der Waals surface area contributed by atoms with Crippen molar-refractivity contribution in [2.45, 2.75) is 31.7 Å². The highest BCUT2D eigenvalue weighted by atomic mass is 15.0. The summed E-state index contributed by atoms with van der Waals surface area (Å²) in [5, 5.41) is 10.1. The zero-order valence-electron chi connectivity index (χ0n) is 62.1. The molecule has 16 aromatic carbocycles. The van der Waals surface area contributed by atoms with Gasteiger partial charge in [-0.3, -0.25) is 0 Å². The lowest BCUT2D eigenvalue weighted by atomic mass is 9.81. The van der Waals surface area contributed by atoms with E-state index in [4.69, 9.17) is 0 Å². The molecule has 0 aliphatic heterocycles. The average Bonchev–Trinajstić information content (AvgIpc) is 1.19. The standard InChI is InChI=1S/C110H78N2/c1-7-23-73(24-8-1)81-35-19-39-85(63-81)91-49-59-105-99(67-91)100-68-92(86-40-20-36-82(64-86)74-25-9-2-10-26-74)50-60-106(100)111(105)95-53-43-77(44-54-95)89-47-57-97-103(71-89)109(79-31-15-5-16-32-79)98-58-48-90(72-104(98)110(97)80-33-17-6-18-34-80)78-45-55-96(56-46-78)112-107-61-51-93(87-41-21-37-83(65-87)75-27-11-3-12-28-75)69-101(107)102-70-94(52-62-108(102)112)88-42-22-38-84(66-88)76-29-13-4-14-30-76/h1-3,5-13,15-46,48-53,55-72,89,95H,4,14,47,54H2. The van der Waals surface area contributed by atoms with Crippen LogP contribution in [0.25, 0.3) is 189 Å². The van der Waals surface area contributed by atoms with Gasteiger partial charge in [0.15, 0.2) is 0 Å². The van der Waals surface area contributed by atoms with Crippen LogP contribution in [0.15, 0.2) is 406 Å². The van der Waals surface area contributed by atoms with Gasteiger partial charge in [0.2, 0.25) is 0 Å². The van der Waals surface area contributed by atoms with Crippen LogP contribution in [0.4, 0.5) is 0 Å². The van der Waals surface area contributed by atoms with E-state index in [1.165, 1.54) is 193 Å². The Morgan fingerprint density at radius 1 is 0.241 bits per heavy atom. The van der Waals surface area contributed by atoms with Crippen LogP contribution in [0, 0.1) is 5.92 Å². The number of hydrogen-bond donors (Lipinski definition) is 0. The second-order valence-corrected chi connectivity index (χ2v) is 30.4. The van der Waals surface area contributed by atoms with Gasteiger partial charge in [0, 0.05) is 44.2 Å². The summed E-state index contributed by atoms with van der Waals surface area (Å²) in [6.45, 7) is 0. The van der Waals surface area contributed by atoms with Gasteiger partial charge in [-0.25, -0.2) is 0 Å². The van der Waals surface area contributed by atoms with Gasteiger partial charge in [-0.05, 0) is 266 Å². The second-order valence-electron chi connectivity index (χ2n) is 30.4. The minimum atomic E-state index is 0.115. The highest BCUT2D eigenvalue weighted by Crippen LogP contribution is 2.45. The Kier molecular flexibility index (Phi) is 16.7. The SMILES string of the molecule is C1=CC(c2cccc(-c3ccc4c(c3)c3cc(-c5cccc(-c6ccccc6)c5)ccc3n4-c3ccc(-c4ccc5c(-c6ccccc6)c6c(c(-c7ccccc7)c5c4)=CCC(C4=CCC(n5c7ccc(-c8cccc(-c9ccccc9)c8)cc7c7cc(-c8cccc(-c9ccccc9)c8)ccc75)C=C4)C=6)cc3)c2)=CCC1. The van der Waals surface area contributed by atoms with Gasteiger partial charge in [0.1, 0.15) is 0 Å². The second kappa shape index (κ2) is 28.3. The van der Waals surface area contributed by atoms with Crippen LogP contribution in [0.3, 0.4) is 0 Å². The van der Waals surface area contributed by atoms with Crippen molar-refractivity contribution < 1.29 is 0 Å². The average molecular weight is 1430 g/mol. The van der Waals surface area contributed by atoms with Crippen LogP contribution in [-0.2, 0) is 0 Å². The van der Waals surface area contributed by atoms with Crippen LogP contribution in [-0.4, -0.2) is 9.13 Å². The molecule has 0 saturated carbocycles. The maximum absolute atomic E-state index is 2.61. The van der Waals surface area contributed by atoms with Gasteiger partial charge in [-0.15, -0.1) is 0 Å². The quantitative estimate of drug-likeness (QED) is 0.103. The smallest absolute Gasteiger partial charge is 0.0560 e. The molecule has 2 aromatic heterocycles. The molecule has 0 bridgehead atoms. The Balaban J connectivity index is 0.642. The lowest BCUT2D eigenvalue weighted by molar-refractivity contribution is 0.637. The van der Waals surface area contributed by atoms with Crippen molar-refractivity contribution in [3.63, 3.8) is 0 Å². The molecule has 2 nitrogen and oxygen atoms in total. The zero-order chi connectivity index (χ0) is 74.0. The van der Waals surface area contributed by atoms with Crippen molar-refractivity contribution in [1.82, 2.24) is 9.13 Å². The molecule has 2 heteroatoms. The molecule has 0 saturated heterocycles. The Labute approximate surface area is 653 Å². The number of benzene rings is 16. The Morgan fingerprint density at radius 2 is 0.607 bits per heavy atom. The van der Waals surface area contributed by atoms with Crippen molar-refractivity contribution in [2.75, 3.05) is 0 Å². The molecular formula is C110H78N2. The van der Waals surface area contributed by atoms with E-state index in [1.54, 1.807) is 0 Å². The van der Waals surface area contributed by atoms with Gasteiger partial charge in [0.25, 0.3) is 0 Å². The lowest BCUT2D eigenvalue weighted by Gasteiger charge is -2.25. The van der Waals surface area contributed by atoms with Gasteiger partial charge in [-0.1, -0.05) is 322 Å². The normalized spacial score (nSPS) is 14.6. The zero-order valence-corrected chi connectivity index (χ0v) is 62.1. The first-order valence-electron chi connectivity index (χ1n) is 39.5. The maximum atomic E-state index is 2.61. The van der Waals surface area contributed by atoms with Crippen molar-refractivity contribution in [3.8, 4) is 117 Å². The minimum Gasteiger partial charge on any atom is -0.333 e. The number of allylic oxidation sites excluding steroid dienone is 8. The van der Waals surface area contributed by atoms with Crippen LogP contribution < -0.4 is 10.4 Å². The molecule has 3 aliphatic rings. The molecule has 2 heterocycles. The van der Waals surface area contributed by atoms with Crippen molar-refractivity contribution in [1.29, 1.82) is 0 Å². The van der Waals surface area contributed by atoms with Crippen LogP contribution in [0.2, 0.25) is 0 Å². The topological polar surface area (TPSA) is 9.86 Å². The van der Waals surface area contributed by atoms with Crippen molar-refractivity contribution in [3.05, 3.63) is 422 Å². The van der Waals surface area contributed by atoms with Crippen LogP contribution in [0.5, 0.6) is 0 Å². The van der Waals surface area contributed by atoms with E-state index < -0.39 is 0 Å². The first-order valence-corrected chi connectivity index (χ1v) is 39.5. The third-order valence-corrected chi connectivity index (χ3v) is 23.8. The first-order chi connectivity index (χ1) is 55.5. The van der Waals surface area contributed by atoms with E-state index >= 15 is 0 Å². The van der Waals surface area contributed by atoms with Crippen molar-refractivity contribution >= 4 is 72.1 Å². The maximum Gasteiger partial charge on any atom is 0.0560 e. The van der Waals surface area contributed by atoms with E-state index in [0.717, 1.165) is 31.4 Å². The molecule has 528 valence electrons. The predicted octanol–water partition coefficient (Wildman–Crippen LogP) is 28.2. The summed E-state index contributed by atoms with van der Waals surface area (Å²) in [6.07, 6.45) is 23.5. The highest BCUT2D eigenvalue weighted by Gasteiger charge is 2.26. The van der Waals surface area contributed by atoms with Gasteiger partial charge < -0.3 is 9.13 Å².